The maximum absolute atomic E-state index is 6.12. The third kappa shape index (κ3) is 2.40. The molecular formula is C15H15ClN2. The minimum Gasteiger partial charge on any atom is -0.294 e. The lowest BCUT2D eigenvalue weighted by atomic mass is 10.0. The first-order valence-corrected chi connectivity index (χ1v) is 6.59. The zero-order valence-electron chi connectivity index (χ0n) is 10.1. The molecule has 3 rings (SSSR count). The number of hydrogen-bond donors (Lipinski definition) is 0. The molecule has 1 aliphatic heterocycles. The van der Waals surface area contributed by atoms with Gasteiger partial charge in [-0.15, -0.1) is 0 Å². The summed E-state index contributed by atoms with van der Waals surface area (Å²) in [6, 6.07) is 12.7. The van der Waals surface area contributed by atoms with Crippen LogP contribution in [0.25, 0.3) is 0 Å². The summed E-state index contributed by atoms with van der Waals surface area (Å²) < 4.78 is 0. The fourth-order valence-electron chi connectivity index (χ4n) is 2.48. The number of benzene rings is 1. The Balaban J connectivity index is 1.76. The average Bonchev–Trinajstić information content (AvgIpc) is 2.40. The van der Waals surface area contributed by atoms with E-state index in [1.54, 1.807) is 6.20 Å². The molecule has 0 saturated carbocycles. The van der Waals surface area contributed by atoms with E-state index in [0.29, 0.717) is 5.15 Å². The Bertz CT molecular complexity index is 539. The zero-order chi connectivity index (χ0) is 12.4. The Labute approximate surface area is 112 Å². The summed E-state index contributed by atoms with van der Waals surface area (Å²) in [5.74, 6) is 0. The van der Waals surface area contributed by atoms with Crippen LogP contribution < -0.4 is 0 Å². The number of pyridine rings is 1. The van der Waals surface area contributed by atoms with Crippen LogP contribution in [0.3, 0.4) is 0 Å². The second-order valence-corrected chi connectivity index (χ2v) is 5.04. The van der Waals surface area contributed by atoms with Gasteiger partial charge in [0.05, 0.1) is 0 Å². The van der Waals surface area contributed by atoms with Crippen LogP contribution in [0.5, 0.6) is 0 Å². The van der Waals surface area contributed by atoms with Gasteiger partial charge in [0.25, 0.3) is 0 Å². The number of hydrogen-bond acceptors (Lipinski definition) is 2. The lowest BCUT2D eigenvalue weighted by molar-refractivity contribution is 0.245. The van der Waals surface area contributed by atoms with E-state index in [1.807, 2.05) is 0 Å². The number of fused-ring (bicyclic) bond motifs is 1. The SMILES string of the molecule is Clc1nccc2c1CCN(Cc1ccccc1)C2. The van der Waals surface area contributed by atoms with E-state index in [4.69, 9.17) is 11.6 Å². The van der Waals surface area contributed by atoms with E-state index in [-0.39, 0.29) is 0 Å². The second kappa shape index (κ2) is 5.09. The molecule has 3 heteroatoms. The molecule has 92 valence electrons. The van der Waals surface area contributed by atoms with Gasteiger partial charge in [0, 0.05) is 25.8 Å². The summed E-state index contributed by atoms with van der Waals surface area (Å²) in [4.78, 5) is 6.60. The van der Waals surface area contributed by atoms with Crippen molar-refractivity contribution in [2.24, 2.45) is 0 Å². The van der Waals surface area contributed by atoms with Gasteiger partial charge in [0.2, 0.25) is 0 Å². The highest BCUT2D eigenvalue weighted by atomic mass is 35.5. The Morgan fingerprint density at radius 2 is 2.00 bits per heavy atom. The highest BCUT2D eigenvalue weighted by Crippen LogP contribution is 2.24. The van der Waals surface area contributed by atoms with Crippen LogP contribution in [0.2, 0.25) is 5.15 Å². The predicted molar refractivity (Wildman–Crippen MR) is 73.5 cm³/mol. The van der Waals surface area contributed by atoms with E-state index in [0.717, 1.165) is 26.1 Å². The minimum absolute atomic E-state index is 0.673. The van der Waals surface area contributed by atoms with Crippen molar-refractivity contribution in [2.75, 3.05) is 6.54 Å². The largest absolute Gasteiger partial charge is 0.294 e. The minimum atomic E-state index is 0.673. The standard InChI is InChI=1S/C15H15ClN2/c16-15-14-7-9-18(11-13(14)6-8-17-15)10-12-4-2-1-3-5-12/h1-6,8H,7,9-11H2. The highest BCUT2D eigenvalue weighted by Gasteiger charge is 2.18. The Morgan fingerprint density at radius 3 is 2.83 bits per heavy atom. The van der Waals surface area contributed by atoms with E-state index in [1.165, 1.54) is 16.7 Å². The molecule has 0 saturated heterocycles. The average molecular weight is 259 g/mol. The number of nitrogens with zero attached hydrogens (tertiary/aromatic N) is 2. The summed E-state index contributed by atoms with van der Waals surface area (Å²) in [5.41, 5.74) is 3.90. The van der Waals surface area contributed by atoms with Crippen molar-refractivity contribution in [3.8, 4) is 0 Å². The molecule has 1 aliphatic rings. The first-order valence-electron chi connectivity index (χ1n) is 6.21. The topological polar surface area (TPSA) is 16.1 Å². The molecule has 18 heavy (non-hydrogen) atoms. The van der Waals surface area contributed by atoms with Gasteiger partial charge in [-0.1, -0.05) is 41.9 Å². The summed E-state index contributed by atoms with van der Waals surface area (Å²) in [6.07, 6.45) is 2.79. The molecule has 0 N–H and O–H groups in total. The van der Waals surface area contributed by atoms with Crippen molar-refractivity contribution < 1.29 is 0 Å². The zero-order valence-corrected chi connectivity index (χ0v) is 10.9. The third-order valence-corrected chi connectivity index (χ3v) is 3.75. The van der Waals surface area contributed by atoms with Crippen molar-refractivity contribution in [2.45, 2.75) is 19.5 Å². The number of halogens is 1. The number of aromatic nitrogens is 1. The molecule has 2 nitrogen and oxygen atoms in total. The lowest BCUT2D eigenvalue weighted by Gasteiger charge is -2.28. The summed E-state index contributed by atoms with van der Waals surface area (Å²) >= 11 is 6.12. The van der Waals surface area contributed by atoms with Crippen LogP contribution in [0.1, 0.15) is 16.7 Å². The van der Waals surface area contributed by atoms with Crippen LogP contribution in [-0.2, 0) is 19.5 Å². The first kappa shape index (κ1) is 11.7. The van der Waals surface area contributed by atoms with Crippen LogP contribution >= 0.6 is 11.6 Å². The summed E-state index contributed by atoms with van der Waals surface area (Å²) in [5, 5.41) is 0.673. The fraction of sp³-hybridized carbons (Fsp3) is 0.267. The normalized spacial score (nSPS) is 15.4. The molecule has 0 amide bonds. The molecule has 2 aromatic rings. The van der Waals surface area contributed by atoms with Gasteiger partial charge in [-0.05, 0) is 29.2 Å². The van der Waals surface area contributed by atoms with Gasteiger partial charge in [-0.2, -0.15) is 0 Å². The van der Waals surface area contributed by atoms with Gasteiger partial charge >= 0.3 is 0 Å². The molecule has 0 bridgehead atoms. The highest BCUT2D eigenvalue weighted by molar-refractivity contribution is 6.30. The monoisotopic (exact) mass is 258 g/mol. The Kier molecular flexibility index (Phi) is 3.31. The van der Waals surface area contributed by atoms with Crippen LogP contribution in [0.4, 0.5) is 0 Å². The van der Waals surface area contributed by atoms with Crippen LogP contribution in [0, 0.1) is 0 Å². The third-order valence-electron chi connectivity index (χ3n) is 3.42. The molecule has 1 aromatic heterocycles. The van der Waals surface area contributed by atoms with Crippen LogP contribution in [0.15, 0.2) is 42.6 Å². The fourth-order valence-corrected chi connectivity index (χ4v) is 2.75. The van der Waals surface area contributed by atoms with Gasteiger partial charge in [0.1, 0.15) is 5.15 Å². The van der Waals surface area contributed by atoms with E-state index < -0.39 is 0 Å². The van der Waals surface area contributed by atoms with Crippen LogP contribution in [-0.4, -0.2) is 16.4 Å². The molecule has 2 heterocycles. The quantitative estimate of drug-likeness (QED) is 0.769. The lowest BCUT2D eigenvalue weighted by Crippen LogP contribution is -2.30. The maximum atomic E-state index is 6.12. The van der Waals surface area contributed by atoms with Gasteiger partial charge in [-0.3, -0.25) is 4.90 Å². The molecule has 0 fully saturated rings. The van der Waals surface area contributed by atoms with Crippen molar-refractivity contribution in [1.82, 2.24) is 9.88 Å². The predicted octanol–water partition coefficient (Wildman–Crippen LogP) is 3.29. The summed E-state index contributed by atoms with van der Waals surface area (Å²) in [6.45, 7) is 3.01. The maximum Gasteiger partial charge on any atom is 0.132 e. The van der Waals surface area contributed by atoms with Crippen molar-refractivity contribution >= 4 is 11.6 Å². The van der Waals surface area contributed by atoms with Crippen molar-refractivity contribution in [3.63, 3.8) is 0 Å². The molecule has 0 aliphatic carbocycles. The van der Waals surface area contributed by atoms with Crippen molar-refractivity contribution in [1.29, 1.82) is 0 Å². The molecule has 0 unspecified atom stereocenters. The van der Waals surface area contributed by atoms with Crippen molar-refractivity contribution in [3.05, 3.63) is 64.4 Å². The molecule has 0 radical (unpaired) electrons. The molecule has 0 atom stereocenters. The molecule has 1 aromatic carbocycles. The van der Waals surface area contributed by atoms with Gasteiger partial charge in [-0.25, -0.2) is 4.98 Å². The Hall–Kier alpha value is -1.38. The summed E-state index contributed by atoms with van der Waals surface area (Å²) in [7, 11) is 0. The van der Waals surface area contributed by atoms with Gasteiger partial charge < -0.3 is 0 Å². The number of rotatable bonds is 2. The first-order chi connectivity index (χ1) is 8.83. The smallest absolute Gasteiger partial charge is 0.132 e. The van der Waals surface area contributed by atoms with Gasteiger partial charge in [0.15, 0.2) is 0 Å². The van der Waals surface area contributed by atoms with E-state index in [2.05, 4.69) is 46.3 Å². The molecule has 0 spiro atoms. The van der Waals surface area contributed by atoms with E-state index >= 15 is 0 Å². The Morgan fingerprint density at radius 1 is 1.17 bits per heavy atom. The second-order valence-electron chi connectivity index (χ2n) is 4.69. The molecular weight excluding hydrogens is 244 g/mol. The van der Waals surface area contributed by atoms with E-state index in [9.17, 15) is 0 Å².